The van der Waals surface area contributed by atoms with Gasteiger partial charge in [-0.25, -0.2) is 0 Å². The molecule has 1 aromatic rings. The van der Waals surface area contributed by atoms with Crippen LogP contribution < -0.4 is 11.1 Å². The van der Waals surface area contributed by atoms with Crippen molar-refractivity contribution in [2.75, 3.05) is 6.54 Å². The van der Waals surface area contributed by atoms with E-state index >= 15 is 0 Å². The van der Waals surface area contributed by atoms with E-state index in [0.717, 1.165) is 25.7 Å². The number of nitrogens with one attached hydrogen (secondary N) is 1. The van der Waals surface area contributed by atoms with Crippen molar-refractivity contribution >= 4 is 5.91 Å². The molecule has 1 aliphatic rings. The maximum Gasteiger partial charge on any atom is 0.269 e. The summed E-state index contributed by atoms with van der Waals surface area (Å²) in [7, 11) is 1.76. The van der Waals surface area contributed by atoms with Gasteiger partial charge in [0.05, 0.1) is 0 Å². The average Bonchev–Trinajstić information content (AvgIpc) is 2.74. The zero-order valence-electron chi connectivity index (χ0n) is 10.3. The molecular formula is C12H20N4O. The fourth-order valence-corrected chi connectivity index (χ4v) is 2.38. The van der Waals surface area contributed by atoms with Gasteiger partial charge in [-0.05, 0) is 18.9 Å². The van der Waals surface area contributed by atoms with Gasteiger partial charge in [0.2, 0.25) is 0 Å². The minimum absolute atomic E-state index is 0.0969. The number of rotatable bonds is 3. The van der Waals surface area contributed by atoms with Crippen LogP contribution in [0, 0.1) is 0 Å². The van der Waals surface area contributed by atoms with E-state index in [-0.39, 0.29) is 11.4 Å². The topological polar surface area (TPSA) is 72.9 Å². The number of aryl methyl sites for hydroxylation is 1. The van der Waals surface area contributed by atoms with Gasteiger partial charge in [0.25, 0.3) is 5.91 Å². The summed E-state index contributed by atoms with van der Waals surface area (Å²) in [5, 5.41) is 6.89. The molecule has 17 heavy (non-hydrogen) atoms. The van der Waals surface area contributed by atoms with Gasteiger partial charge in [-0.15, -0.1) is 0 Å². The number of nitrogens with two attached hydrogens (primary N) is 1. The second-order valence-electron chi connectivity index (χ2n) is 4.95. The molecule has 0 saturated heterocycles. The van der Waals surface area contributed by atoms with Crippen molar-refractivity contribution in [3.05, 3.63) is 18.0 Å². The van der Waals surface area contributed by atoms with E-state index < -0.39 is 0 Å². The Bertz CT molecular complexity index is 393. The molecule has 0 spiro atoms. The Morgan fingerprint density at radius 1 is 1.53 bits per heavy atom. The summed E-state index contributed by atoms with van der Waals surface area (Å²) in [5.41, 5.74) is 6.62. The minimum atomic E-state index is -0.216. The highest BCUT2D eigenvalue weighted by atomic mass is 16.2. The number of carbonyl (C=O) groups is 1. The normalized spacial score (nSPS) is 18.9. The van der Waals surface area contributed by atoms with Gasteiger partial charge < -0.3 is 11.1 Å². The van der Waals surface area contributed by atoms with Crippen LogP contribution in [0.3, 0.4) is 0 Å². The largest absolute Gasteiger partial charge is 0.349 e. The van der Waals surface area contributed by atoms with Crippen LogP contribution in [0.1, 0.15) is 42.6 Å². The maximum absolute atomic E-state index is 11.9. The van der Waals surface area contributed by atoms with Crippen LogP contribution in [0.25, 0.3) is 0 Å². The van der Waals surface area contributed by atoms with E-state index in [0.29, 0.717) is 12.2 Å². The van der Waals surface area contributed by atoms with E-state index in [1.165, 1.54) is 6.42 Å². The molecule has 1 aromatic heterocycles. The van der Waals surface area contributed by atoms with Crippen LogP contribution in [-0.2, 0) is 7.05 Å². The van der Waals surface area contributed by atoms with Crippen molar-refractivity contribution < 1.29 is 4.79 Å². The van der Waals surface area contributed by atoms with Crippen LogP contribution in [-0.4, -0.2) is 27.8 Å². The lowest BCUT2D eigenvalue weighted by Gasteiger charge is -2.33. The molecule has 5 nitrogen and oxygen atoms in total. The van der Waals surface area contributed by atoms with Gasteiger partial charge in [0, 0.05) is 25.3 Å². The van der Waals surface area contributed by atoms with Crippen LogP contribution >= 0.6 is 0 Å². The van der Waals surface area contributed by atoms with Crippen LogP contribution in [0.5, 0.6) is 0 Å². The molecule has 1 saturated carbocycles. The summed E-state index contributed by atoms with van der Waals surface area (Å²) in [4.78, 5) is 11.9. The highest BCUT2D eigenvalue weighted by Crippen LogP contribution is 2.25. The summed E-state index contributed by atoms with van der Waals surface area (Å²) in [6.45, 7) is 0.553. The Morgan fingerprint density at radius 2 is 2.24 bits per heavy atom. The van der Waals surface area contributed by atoms with E-state index in [4.69, 9.17) is 5.73 Å². The van der Waals surface area contributed by atoms with Gasteiger partial charge in [-0.2, -0.15) is 5.10 Å². The summed E-state index contributed by atoms with van der Waals surface area (Å²) in [6.07, 6.45) is 7.20. The average molecular weight is 236 g/mol. The molecule has 0 unspecified atom stereocenters. The Labute approximate surface area is 101 Å². The molecule has 0 aliphatic heterocycles. The first-order valence-corrected chi connectivity index (χ1v) is 6.16. The lowest BCUT2D eigenvalue weighted by Crippen LogP contribution is -2.51. The van der Waals surface area contributed by atoms with Gasteiger partial charge in [-0.3, -0.25) is 9.48 Å². The van der Waals surface area contributed by atoms with Crippen molar-refractivity contribution in [1.29, 1.82) is 0 Å². The lowest BCUT2D eigenvalue weighted by molar-refractivity contribution is 0.0928. The highest BCUT2D eigenvalue weighted by molar-refractivity contribution is 5.92. The van der Waals surface area contributed by atoms with Crippen molar-refractivity contribution in [2.45, 2.75) is 37.6 Å². The first-order valence-electron chi connectivity index (χ1n) is 6.16. The van der Waals surface area contributed by atoms with E-state index in [9.17, 15) is 4.79 Å². The van der Waals surface area contributed by atoms with Crippen LogP contribution in [0.4, 0.5) is 0 Å². The second kappa shape index (κ2) is 4.87. The Morgan fingerprint density at radius 3 is 2.82 bits per heavy atom. The third kappa shape index (κ3) is 2.85. The predicted octanol–water partition coefficient (Wildman–Crippen LogP) is 0.811. The van der Waals surface area contributed by atoms with E-state index in [1.54, 1.807) is 24.0 Å². The SMILES string of the molecule is Cn1nccc1C(=O)NCC1(N)CCCCC1. The third-order valence-corrected chi connectivity index (χ3v) is 3.50. The summed E-state index contributed by atoms with van der Waals surface area (Å²) >= 11 is 0. The maximum atomic E-state index is 11.9. The highest BCUT2D eigenvalue weighted by Gasteiger charge is 2.28. The summed E-state index contributed by atoms with van der Waals surface area (Å²) in [6, 6.07) is 1.71. The van der Waals surface area contributed by atoms with Crippen LogP contribution in [0.2, 0.25) is 0 Å². The number of aromatic nitrogens is 2. The molecule has 5 heteroatoms. The molecular weight excluding hydrogens is 216 g/mol. The molecule has 0 aromatic carbocycles. The third-order valence-electron chi connectivity index (χ3n) is 3.50. The fourth-order valence-electron chi connectivity index (χ4n) is 2.38. The van der Waals surface area contributed by atoms with Crippen molar-refractivity contribution in [3.63, 3.8) is 0 Å². The first-order chi connectivity index (χ1) is 8.11. The Hall–Kier alpha value is -1.36. The van der Waals surface area contributed by atoms with Gasteiger partial charge in [0.15, 0.2) is 0 Å². The zero-order chi connectivity index (χ0) is 12.3. The number of nitrogens with zero attached hydrogens (tertiary/aromatic N) is 2. The predicted molar refractivity (Wildman–Crippen MR) is 65.5 cm³/mol. The number of carbonyl (C=O) groups excluding carboxylic acids is 1. The minimum Gasteiger partial charge on any atom is -0.349 e. The molecule has 0 bridgehead atoms. The Balaban J connectivity index is 1.90. The summed E-state index contributed by atoms with van der Waals surface area (Å²) < 4.78 is 1.57. The number of hydrogen-bond donors (Lipinski definition) is 2. The van der Waals surface area contributed by atoms with Gasteiger partial charge >= 0.3 is 0 Å². The van der Waals surface area contributed by atoms with Crippen molar-refractivity contribution in [3.8, 4) is 0 Å². The zero-order valence-corrected chi connectivity index (χ0v) is 10.3. The molecule has 1 fully saturated rings. The van der Waals surface area contributed by atoms with Gasteiger partial charge in [-0.1, -0.05) is 19.3 Å². The molecule has 0 atom stereocenters. The molecule has 1 aliphatic carbocycles. The van der Waals surface area contributed by atoms with Gasteiger partial charge in [0.1, 0.15) is 5.69 Å². The second-order valence-corrected chi connectivity index (χ2v) is 4.95. The lowest BCUT2D eigenvalue weighted by atomic mass is 9.82. The molecule has 1 amide bonds. The quantitative estimate of drug-likeness (QED) is 0.815. The standard InChI is InChI=1S/C12H20N4O/c1-16-10(5-8-15-16)11(17)14-9-12(13)6-3-2-4-7-12/h5,8H,2-4,6-7,9,13H2,1H3,(H,14,17). The van der Waals surface area contributed by atoms with E-state index in [1.807, 2.05) is 0 Å². The Kier molecular flexibility index (Phi) is 3.47. The number of hydrogen-bond acceptors (Lipinski definition) is 3. The number of amides is 1. The smallest absolute Gasteiger partial charge is 0.269 e. The van der Waals surface area contributed by atoms with Crippen LogP contribution in [0.15, 0.2) is 12.3 Å². The molecule has 3 N–H and O–H groups in total. The fraction of sp³-hybridized carbons (Fsp3) is 0.667. The van der Waals surface area contributed by atoms with Crippen molar-refractivity contribution in [1.82, 2.24) is 15.1 Å². The molecule has 0 radical (unpaired) electrons. The van der Waals surface area contributed by atoms with E-state index in [2.05, 4.69) is 10.4 Å². The molecule has 1 heterocycles. The summed E-state index contributed by atoms with van der Waals surface area (Å²) in [5.74, 6) is -0.0969. The monoisotopic (exact) mass is 236 g/mol. The first kappa shape index (κ1) is 12.1. The van der Waals surface area contributed by atoms with Crippen molar-refractivity contribution in [2.24, 2.45) is 12.8 Å². The molecule has 94 valence electrons. The molecule has 2 rings (SSSR count).